The first-order valence-electron chi connectivity index (χ1n) is 10.7. The van der Waals surface area contributed by atoms with Gasteiger partial charge in [-0.25, -0.2) is 0 Å². The van der Waals surface area contributed by atoms with Crippen molar-refractivity contribution in [2.45, 2.75) is 54.0 Å². The molecular formula is C22H25N3O5S3. The van der Waals surface area contributed by atoms with E-state index in [2.05, 4.69) is 9.71 Å². The highest BCUT2D eigenvalue weighted by molar-refractivity contribution is 8.16. The smallest absolute Gasteiger partial charge is 0.294 e. The van der Waals surface area contributed by atoms with Crippen LogP contribution in [0.15, 0.2) is 50.4 Å². The maximum absolute atomic E-state index is 13.3. The lowest BCUT2D eigenvalue weighted by atomic mass is 9.94. The molecule has 1 aliphatic heterocycles. The number of carbonyl (C=O) groups excluding carboxylic acids is 2. The Hall–Kier alpha value is -2.37. The van der Waals surface area contributed by atoms with Crippen molar-refractivity contribution in [2.75, 3.05) is 12.4 Å². The second-order valence-electron chi connectivity index (χ2n) is 7.87. The molecule has 0 spiro atoms. The standard InChI is InChI=1S/C22H25N3O5S3/c1-30-17-10-5-7-15(13-17)23-19(26)14-18-21(27)25(16-8-3-2-4-9-16)22(32-18)24-33(28,29)20-11-6-12-31-20/h5-7,10-13,16,18H,2-4,8-9,14H2,1H3,(H,23,26). The highest BCUT2D eigenvalue weighted by Gasteiger charge is 2.43. The molecule has 11 heteroatoms. The van der Waals surface area contributed by atoms with E-state index in [1.165, 1.54) is 11.0 Å². The molecule has 2 aromatic rings. The van der Waals surface area contributed by atoms with E-state index in [1.54, 1.807) is 42.8 Å². The molecule has 33 heavy (non-hydrogen) atoms. The number of anilines is 1. The molecule has 1 atom stereocenters. The van der Waals surface area contributed by atoms with Crippen molar-refractivity contribution in [1.82, 2.24) is 4.90 Å². The van der Waals surface area contributed by atoms with Gasteiger partial charge in [0.1, 0.15) is 15.2 Å². The molecule has 0 bridgehead atoms. The van der Waals surface area contributed by atoms with Crippen molar-refractivity contribution in [3.05, 3.63) is 41.8 Å². The Labute approximate surface area is 201 Å². The molecule has 1 N–H and O–H groups in total. The third-order valence-electron chi connectivity index (χ3n) is 5.58. The molecule has 0 radical (unpaired) electrons. The third kappa shape index (κ3) is 5.59. The number of thioether (sulfide) groups is 1. The van der Waals surface area contributed by atoms with Crippen LogP contribution >= 0.6 is 23.1 Å². The van der Waals surface area contributed by atoms with Crippen LogP contribution < -0.4 is 10.1 Å². The Morgan fingerprint density at radius 3 is 2.70 bits per heavy atom. The summed E-state index contributed by atoms with van der Waals surface area (Å²) in [4.78, 5) is 27.5. The Morgan fingerprint density at radius 1 is 1.21 bits per heavy atom. The summed E-state index contributed by atoms with van der Waals surface area (Å²) in [5.41, 5.74) is 0.563. The number of thiophene rings is 1. The second kappa shape index (κ2) is 10.3. The maximum Gasteiger partial charge on any atom is 0.294 e. The van der Waals surface area contributed by atoms with Gasteiger partial charge in [0, 0.05) is 24.2 Å². The van der Waals surface area contributed by atoms with Gasteiger partial charge in [0.25, 0.3) is 10.0 Å². The summed E-state index contributed by atoms with van der Waals surface area (Å²) in [7, 11) is -2.38. The van der Waals surface area contributed by atoms with Crippen molar-refractivity contribution in [3.8, 4) is 5.75 Å². The predicted octanol–water partition coefficient (Wildman–Crippen LogP) is 4.11. The highest BCUT2D eigenvalue weighted by atomic mass is 32.2. The largest absolute Gasteiger partial charge is 0.497 e. The van der Waals surface area contributed by atoms with E-state index in [9.17, 15) is 18.0 Å². The van der Waals surface area contributed by atoms with E-state index in [0.717, 1.165) is 55.2 Å². The fourth-order valence-corrected chi connectivity index (χ4v) is 7.36. The van der Waals surface area contributed by atoms with Gasteiger partial charge >= 0.3 is 0 Å². The SMILES string of the molecule is COc1cccc(NC(=O)CC2SC(=NS(=O)(=O)c3cccs3)N(C3CCCCC3)C2=O)c1. The average Bonchev–Trinajstić information content (AvgIpc) is 3.44. The van der Waals surface area contributed by atoms with E-state index in [1.807, 2.05) is 0 Å². The number of amidine groups is 1. The maximum atomic E-state index is 13.3. The van der Waals surface area contributed by atoms with Crippen LogP contribution in [0.4, 0.5) is 5.69 Å². The molecule has 2 aliphatic rings. The minimum atomic E-state index is -3.93. The minimum absolute atomic E-state index is 0.0813. The summed E-state index contributed by atoms with van der Waals surface area (Å²) in [6.07, 6.45) is 4.57. The Morgan fingerprint density at radius 2 is 2.00 bits per heavy atom. The van der Waals surface area contributed by atoms with Crippen LogP contribution in [-0.2, 0) is 19.6 Å². The topological polar surface area (TPSA) is 105 Å². The van der Waals surface area contributed by atoms with Crippen molar-refractivity contribution in [1.29, 1.82) is 0 Å². The molecule has 4 rings (SSSR count). The van der Waals surface area contributed by atoms with Crippen molar-refractivity contribution >= 4 is 55.8 Å². The number of hydrogen-bond donors (Lipinski definition) is 1. The summed E-state index contributed by atoms with van der Waals surface area (Å²) >= 11 is 2.14. The number of methoxy groups -OCH3 is 1. The van der Waals surface area contributed by atoms with E-state index in [-0.39, 0.29) is 33.7 Å². The summed E-state index contributed by atoms with van der Waals surface area (Å²) in [5, 5.41) is 3.89. The predicted molar refractivity (Wildman–Crippen MR) is 130 cm³/mol. The van der Waals surface area contributed by atoms with Gasteiger partial charge in [0.2, 0.25) is 11.8 Å². The highest BCUT2D eigenvalue weighted by Crippen LogP contribution is 2.36. The number of amides is 2. The molecule has 2 amide bonds. The zero-order chi connectivity index (χ0) is 23.4. The average molecular weight is 508 g/mol. The van der Waals surface area contributed by atoms with Crippen molar-refractivity contribution in [3.63, 3.8) is 0 Å². The van der Waals surface area contributed by atoms with Gasteiger partial charge in [-0.05, 0) is 36.4 Å². The summed E-state index contributed by atoms with van der Waals surface area (Å²) < 4.78 is 34.9. The molecule has 176 valence electrons. The monoisotopic (exact) mass is 507 g/mol. The van der Waals surface area contributed by atoms with Gasteiger partial charge in [0.15, 0.2) is 5.17 Å². The number of carbonyl (C=O) groups is 2. The number of ether oxygens (including phenoxy) is 1. The lowest BCUT2D eigenvalue weighted by Gasteiger charge is -2.30. The first-order chi connectivity index (χ1) is 15.9. The van der Waals surface area contributed by atoms with E-state index >= 15 is 0 Å². The summed E-state index contributed by atoms with van der Waals surface area (Å²) in [6.45, 7) is 0. The number of benzene rings is 1. The van der Waals surface area contributed by atoms with E-state index in [4.69, 9.17) is 4.74 Å². The number of rotatable bonds is 7. The van der Waals surface area contributed by atoms with Crippen LogP contribution in [-0.4, -0.2) is 48.7 Å². The Bertz CT molecular complexity index is 1140. The minimum Gasteiger partial charge on any atom is -0.497 e. The van der Waals surface area contributed by atoms with Gasteiger partial charge in [0.05, 0.1) is 7.11 Å². The molecule has 1 aromatic carbocycles. The van der Waals surface area contributed by atoms with Gasteiger partial charge in [-0.3, -0.25) is 14.5 Å². The quantitative estimate of drug-likeness (QED) is 0.605. The van der Waals surface area contributed by atoms with E-state index < -0.39 is 15.3 Å². The van der Waals surface area contributed by atoms with Crippen molar-refractivity contribution < 1.29 is 22.7 Å². The van der Waals surface area contributed by atoms with Crippen LogP contribution in [0.2, 0.25) is 0 Å². The lowest BCUT2D eigenvalue weighted by Crippen LogP contribution is -2.42. The van der Waals surface area contributed by atoms with Crippen LogP contribution in [0.3, 0.4) is 0 Å². The van der Waals surface area contributed by atoms with E-state index in [0.29, 0.717) is 11.4 Å². The molecule has 2 fully saturated rings. The number of nitrogens with one attached hydrogen (secondary N) is 1. The number of sulfonamides is 1. The normalized spacial score (nSPS) is 20.9. The molecule has 1 saturated carbocycles. The zero-order valence-corrected chi connectivity index (χ0v) is 20.5. The van der Waals surface area contributed by atoms with Crippen LogP contribution in [0.1, 0.15) is 38.5 Å². The second-order valence-corrected chi connectivity index (χ2v) is 11.8. The van der Waals surface area contributed by atoms with Gasteiger partial charge in [-0.1, -0.05) is 43.2 Å². The first kappa shape index (κ1) is 23.8. The molecule has 1 aliphatic carbocycles. The van der Waals surface area contributed by atoms with Crippen LogP contribution in [0.25, 0.3) is 0 Å². The molecule has 2 heterocycles. The van der Waals surface area contributed by atoms with Crippen LogP contribution in [0, 0.1) is 0 Å². The molecule has 1 unspecified atom stereocenters. The summed E-state index contributed by atoms with van der Waals surface area (Å²) in [6, 6.07) is 10.0. The molecule has 1 aromatic heterocycles. The third-order valence-corrected chi connectivity index (χ3v) is 9.49. The molecular weight excluding hydrogens is 482 g/mol. The fourth-order valence-electron chi connectivity index (χ4n) is 3.99. The Kier molecular flexibility index (Phi) is 7.40. The number of nitrogens with zero attached hydrogens (tertiary/aromatic N) is 2. The van der Waals surface area contributed by atoms with Crippen LogP contribution in [0.5, 0.6) is 5.75 Å². The molecule has 8 nitrogen and oxygen atoms in total. The first-order valence-corrected chi connectivity index (χ1v) is 13.9. The Balaban J connectivity index is 1.55. The molecule has 1 saturated heterocycles. The van der Waals surface area contributed by atoms with Gasteiger partial charge < -0.3 is 10.1 Å². The number of hydrogen-bond acceptors (Lipinski definition) is 7. The summed E-state index contributed by atoms with van der Waals surface area (Å²) in [5.74, 6) is 0.0173. The van der Waals surface area contributed by atoms with Gasteiger partial charge in [-0.2, -0.15) is 8.42 Å². The zero-order valence-electron chi connectivity index (χ0n) is 18.1. The fraction of sp³-hybridized carbons (Fsp3) is 0.409. The lowest BCUT2D eigenvalue weighted by molar-refractivity contribution is -0.130. The van der Waals surface area contributed by atoms with Gasteiger partial charge in [-0.15, -0.1) is 15.7 Å². The van der Waals surface area contributed by atoms with Crippen molar-refractivity contribution in [2.24, 2.45) is 4.40 Å².